The molecule has 2 aromatic rings. The van der Waals surface area contributed by atoms with Crippen molar-refractivity contribution >= 4 is 27.2 Å². The quantitative estimate of drug-likeness (QED) is 0.737. The van der Waals surface area contributed by atoms with Gasteiger partial charge in [0.1, 0.15) is 16.9 Å². The number of hydrogen-bond donors (Lipinski definition) is 0. The zero-order valence-corrected chi connectivity index (χ0v) is 17.6. The first kappa shape index (κ1) is 20.2. The summed E-state index contributed by atoms with van der Waals surface area (Å²) in [6, 6.07) is 3.73. The van der Waals surface area contributed by atoms with Gasteiger partial charge < -0.3 is 14.1 Å². The van der Waals surface area contributed by atoms with Crippen LogP contribution in [0.1, 0.15) is 44.6 Å². The first-order valence-electron chi connectivity index (χ1n) is 10.2. The predicted molar refractivity (Wildman–Crippen MR) is 108 cm³/mol. The molecule has 158 valence electrons. The van der Waals surface area contributed by atoms with Crippen molar-refractivity contribution in [2.45, 2.75) is 50.4 Å². The Morgan fingerprint density at radius 1 is 1.34 bits per heavy atom. The van der Waals surface area contributed by atoms with Gasteiger partial charge in [0.05, 0.1) is 6.26 Å². The van der Waals surface area contributed by atoms with Gasteiger partial charge in [0, 0.05) is 37.9 Å². The highest BCUT2D eigenvalue weighted by molar-refractivity contribution is 7.89. The van der Waals surface area contributed by atoms with Gasteiger partial charge in [-0.15, -0.1) is 0 Å². The lowest BCUT2D eigenvalue weighted by atomic mass is 9.91. The van der Waals surface area contributed by atoms with E-state index in [9.17, 15) is 13.2 Å². The molecule has 2 aromatic heterocycles. The van der Waals surface area contributed by atoms with Crippen LogP contribution in [0.5, 0.6) is 0 Å². The van der Waals surface area contributed by atoms with Gasteiger partial charge in [0.2, 0.25) is 10.0 Å². The fourth-order valence-electron chi connectivity index (χ4n) is 3.91. The zero-order chi connectivity index (χ0) is 20.6. The van der Waals surface area contributed by atoms with Crippen molar-refractivity contribution in [1.29, 1.82) is 0 Å². The van der Waals surface area contributed by atoms with Crippen molar-refractivity contribution < 1.29 is 22.4 Å². The summed E-state index contributed by atoms with van der Waals surface area (Å²) in [7, 11) is -3.42. The van der Waals surface area contributed by atoms with Crippen LogP contribution in [0.15, 0.2) is 29.0 Å². The van der Waals surface area contributed by atoms with E-state index in [4.69, 9.17) is 9.15 Å². The molecule has 29 heavy (non-hydrogen) atoms. The Balaban J connectivity index is 1.33. The molecular weight excluding hydrogens is 394 g/mol. The summed E-state index contributed by atoms with van der Waals surface area (Å²) in [5.74, 6) is 0.237. The van der Waals surface area contributed by atoms with Gasteiger partial charge in [-0.25, -0.2) is 17.5 Å². The number of rotatable bonds is 5. The Morgan fingerprint density at radius 2 is 2.07 bits per heavy atom. The Hall–Kier alpha value is -2.13. The fourth-order valence-corrected chi connectivity index (χ4v) is 5.79. The third-order valence-electron chi connectivity index (χ3n) is 6.02. The van der Waals surface area contributed by atoms with Crippen molar-refractivity contribution in [2.75, 3.05) is 26.2 Å². The van der Waals surface area contributed by atoms with E-state index < -0.39 is 21.4 Å². The Bertz CT molecular complexity index is 975. The number of hydrogen-bond acceptors (Lipinski definition) is 6. The number of carbonyl (C=O) groups excluding carboxylic acids is 1. The highest BCUT2D eigenvalue weighted by atomic mass is 32.2. The second-order valence-corrected chi connectivity index (χ2v) is 10.1. The van der Waals surface area contributed by atoms with Crippen LogP contribution in [0.3, 0.4) is 0 Å². The van der Waals surface area contributed by atoms with Crippen LogP contribution in [0.2, 0.25) is 0 Å². The van der Waals surface area contributed by atoms with Crippen LogP contribution < -0.4 is 0 Å². The van der Waals surface area contributed by atoms with Crippen LogP contribution in [0, 0.1) is 0 Å². The third-order valence-corrected chi connectivity index (χ3v) is 8.24. The lowest BCUT2D eigenvalue weighted by molar-refractivity contribution is 0.0521. The molecule has 2 aliphatic heterocycles. The maximum atomic E-state index is 12.9. The molecule has 1 atom stereocenters. The summed E-state index contributed by atoms with van der Waals surface area (Å²) in [6.45, 7) is 5.12. The van der Waals surface area contributed by atoms with Crippen molar-refractivity contribution in [3.8, 4) is 0 Å². The summed E-state index contributed by atoms with van der Waals surface area (Å²) in [4.78, 5) is 17.9. The minimum atomic E-state index is -3.42. The second kappa shape index (κ2) is 7.95. The van der Waals surface area contributed by atoms with Crippen molar-refractivity contribution in [3.63, 3.8) is 0 Å². The molecule has 0 spiro atoms. The number of piperidine rings is 1. The van der Waals surface area contributed by atoms with Crippen LogP contribution in [0.25, 0.3) is 11.1 Å². The number of likely N-dealkylation sites (tertiary alicyclic amines) is 1. The first-order valence-corrected chi connectivity index (χ1v) is 11.7. The Morgan fingerprint density at radius 3 is 2.76 bits per heavy atom. The number of furan rings is 1. The minimum Gasteiger partial charge on any atom is -0.462 e. The molecule has 4 rings (SSSR count). The normalized spacial score (nSPS) is 20.6. The largest absolute Gasteiger partial charge is 0.462 e. The van der Waals surface area contributed by atoms with Crippen molar-refractivity contribution in [2.24, 2.45) is 0 Å². The molecule has 9 heteroatoms. The van der Waals surface area contributed by atoms with Gasteiger partial charge in [-0.3, -0.25) is 4.98 Å². The lowest BCUT2D eigenvalue weighted by Crippen LogP contribution is -2.60. The topological polar surface area (TPSA) is 93.0 Å². The van der Waals surface area contributed by atoms with Crippen molar-refractivity contribution in [3.05, 3.63) is 30.2 Å². The summed E-state index contributed by atoms with van der Waals surface area (Å²) < 4.78 is 38.3. The summed E-state index contributed by atoms with van der Waals surface area (Å²) in [6.07, 6.45) is 5.11. The molecule has 1 amide bonds. The number of carbonyl (C=O) groups is 1. The molecular formula is C20H27N3O5S. The monoisotopic (exact) mass is 421 g/mol. The molecule has 0 aliphatic carbocycles. The molecule has 0 saturated carbocycles. The number of sulfonamides is 1. The highest BCUT2D eigenvalue weighted by Gasteiger charge is 2.44. The molecule has 8 nitrogen and oxygen atoms in total. The molecule has 0 aromatic carbocycles. The number of pyridine rings is 1. The molecule has 4 heterocycles. The molecule has 0 radical (unpaired) electrons. The number of ether oxygens (including phenoxy) is 1. The maximum absolute atomic E-state index is 12.9. The Labute approximate surface area is 170 Å². The standard InChI is InChI=1S/C20H27N3O5S/c1-3-14(2)28-20(24)22-11-16(12-22)29(25,26)23-9-6-15(7-10-23)17-13-27-18-5-4-8-21-19(17)18/h4-5,8,13-16H,3,6-7,9-12H2,1-2H3/t14-/m1/s1. The summed E-state index contributed by atoms with van der Waals surface area (Å²) in [5, 5.41) is -0.542. The maximum Gasteiger partial charge on any atom is 0.410 e. The van der Waals surface area contributed by atoms with E-state index in [0.717, 1.165) is 35.9 Å². The summed E-state index contributed by atoms with van der Waals surface area (Å²) >= 11 is 0. The van der Waals surface area contributed by atoms with Crippen molar-refractivity contribution in [1.82, 2.24) is 14.2 Å². The molecule has 0 unspecified atom stereocenters. The highest BCUT2D eigenvalue weighted by Crippen LogP contribution is 2.35. The molecule has 0 bridgehead atoms. The Kier molecular flexibility index (Phi) is 5.52. The minimum absolute atomic E-state index is 0.161. The van der Waals surface area contributed by atoms with Gasteiger partial charge in [0.15, 0.2) is 5.58 Å². The first-order chi connectivity index (χ1) is 13.9. The molecule has 2 fully saturated rings. The second-order valence-electron chi connectivity index (χ2n) is 7.89. The number of fused-ring (bicyclic) bond motifs is 1. The summed E-state index contributed by atoms with van der Waals surface area (Å²) in [5.41, 5.74) is 2.68. The van der Waals surface area contributed by atoms with E-state index >= 15 is 0 Å². The van der Waals surface area contributed by atoms with E-state index in [1.165, 1.54) is 4.90 Å². The molecule has 0 N–H and O–H groups in total. The number of aromatic nitrogens is 1. The SMILES string of the molecule is CC[C@@H](C)OC(=O)N1CC(S(=O)(=O)N2CCC(c3coc4cccnc34)CC2)C1. The zero-order valence-electron chi connectivity index (χ0n) is 16.8. The number of nitrogens with zero attached hydrogens (tertiary/aromatic N) is 3. The van der Waals surface area contributed by atoms with Crippen LogP contribution >= 0.6 is 0 Å². The van der Waals surface area contributed by atoms with E-state index in [0.29, 0.717) is 13.1 Å². The van der Waals surface area contributed by atoms with Crippen LogP contribution in [-0.4, -0.2) is 66.2 Å². The molecule has 2 saturated heterocycles. The number of amides is 1. The van der Waals surface area contributed by atoms with Gasteiger partial charge in [-0.2, -0.15) is 0 Å². The van der Waals surface area contributed by atoms with Gasteiger partial charge in [-0.05, 0) is 44.2 Å². The lowest BCUT2D eigenvalue weighted by Gasteiger charge is -2.41. The van der Waals surface area contributed by atoms with Crippen LogP contribution in [0.4, 0.5) is 4.79 Å². The molecule has 2 aliphatic rings. The van der Waals surface area contributed by atoms with Gasteiger partial charge >= 0.3 is 6.09 Å². The van der Waals surface area contributed by atoms with E-state index in [2.05, 4.69) is 4.98 Å². The van der Waals surface area contributed by atoms with Crippen LogP contribution in [-0.2, 0) is 14.8 Å². The average Bonchev–Trinajstić information content (AvgIpc) is 3.10. The van der Waals surface area contributed by atoms with E-state index in [1.54, 1.807) is 16.8 Å². The van der Waals surface area contributed by atoms with E-state index in [-0.39, 0.29) is 25.1 Å². The predicted octanol–water partition coefficient (Wildman–Crippen LogP) is 2.96. The fraction of sp³-hybridized carbons (Fsp3) is 0.600. The average molecular weight is 422 g/mol. The van der Waals surface area contributed by atoms with Gasteiger partial charge in [-0.1, -0.05) is 6.92 Å². The third kappa shape index (κ3) is 3.85. The van der Waals surface area contributed by atoms with E-state index in [1.807, 2.05) is 26.0 Å². The smallest absolute Gasteiger partial charge is 0.410 e. The van der Waals surface area contributed by atoms with Gasteiger partial charge in [0.25, 0.3) is 0 Å².